The van der Waals surface area contributed by atoms with Crippen LogP contribution in [0.4, 0.5) is 11.4 Å². The van der Waals surface area contributed by atoms with Gasteiger partial charge in [-0.1, -0.05) is 40.9 Å². The molecule has 1 amide bonds. The van der Waals surface area contributed by atoms with E-state index in [2.05, 4.69) is 10.0 Å². The van der Waals surface area contributed by atoms with E-state index in [-0.39, 0.29) is 27.3 Å². The maximum absolute atomic E-state index is 13.0. The molecule has 0 unspecified atom stereocenters. The van der Waals surface area contributed by atoms with Crippen molar-refractivity contribution in [2.24, 2.45) is 0 Å². The molecular formula is C22H21ClN2O4S. The number of rotatable bonds is 6. The Morgan fingerprint density at radius 3 is 2.27 bits per heavy atom. The van der Waals surface area contributed by atoms with Gasteiger partial charge in [0.2, 0.25) is 0 Å². The van der Waals surface area contributed by atoms with Gasteiger partial charge in [0.05, 0.1) is 17.8 Å². The average Bonchev–Trinajstić information content (AvgIpc) is 2.69. The Bertz CT molecular complexity index is 1190. The van der Waals surface area contributed by atoms with Crippen molar-refractivity contribution in [3.8, 4) is 5.75 Å². The molecule has 0 bridgehead atoms. The van der Waals surface area contributed by atoms with E-state index < -0.39 is 10.0 Å². The molecule has 2 N–H and O–H groups in total. The fourth-order valence-electron chi connectivity index (χ4n) is 3.02. The minimum Gasteiger partial charge on any atom is -0.495 e. The van der Waals surface area contributed by atoms with Crippen LogP contribution in [-0.2, 0) is 10.0 Å². The molecule has 156 valence electrons. The number of sulfonamides is 1. The minimum absolute atomic E-state index is 0.122. The molecule has 3 rings (SSSR count). The molecule has 0 spiro atoms. The number of carbonyl (C=O) groups is 1. The lowest BCUT2D eigenvalue weighted by molar-refractivity contribution is 0.102. The summed E-state index contributed by atoms with van der Waals surface area (Å²) in [4.78, 5) is 12.5. The number of hydrogen-bond donors (Lipinski definition) is 2. The highest BCUT2D eigenvalue weighted by molar-refractivity contribution is 7.92. The molecule has 8 heteroatoms. The molecule has 3 aromatic carbocycles. The first-order chi connectivity index (χ1) is 14.2. The van der Waals surface area contributed by atoms with Crippen LogP contribution in [0.1, 0.15) is 21.5 Å². The van der Waals surface area contributed by atoms with Crippen molar-refractivity contribution >= 4 is 38.9 Å². The number of methoxy groups -OCH3 is 1. The summed E-state index contributed by atoms with van der Waals surface area (Å²) in [5.41, 5.74) is 2.97. The first-order valence-corrected chi connectivity index (χ1v) is 10.9. The van der Waals surface area contributed by atoms with Gasteiger partial charge in [0, 0.05) is 11.3 Å². The molecule has 3 aromatic rings. The monoisotopic (exact) mass is 444 g/mol. The highest BCUT2D eigenvalue weighted by Crippen LogP contribution is 2.31. The summed E-state index contributed by atoms with van der Waals surface area (Å²) in [6, 6.07) is 16.4. The van der Waals surface area contributed by atoms with Gasteiger partial charge in [0.15, 0.2) is 0 Å². The quantitative estimate of drug-likeness (QED) is 0.559. The number of halogens is 1. The normalized spacial score (nSPS) is 11.1. The smallest absolute Gasteiger partial charge is 0.265 e. The summed E-state index contributed by atoms with van der Waals surface area (Å²) in [7, 11) is -2.65. The molecule has 30 heavy (non-hydrogen) atoms. The molecule has 0 aliphatic rings. The second kappa shape index (κ2) is 8.77. The van der Waals surface area contributed by atoms with Crippen molar-refractivity contribution in [2.45, 2.75) is 18.7 Å². The molecule has 0 radical (unpaired) electrons. The number of carbonyl (C=O) groups excluding carboxylic acids is 1. The Kier molecular flexibility index (Phi) is 6.34. The highest BCUT2D eigenvalue weighted by Gasteiger charge is 2.22. The first-order valence-electron chi connectivity index (χ1n) is 9.04. The van der Waals surface area contributed by atoms with E-state index in [0.717, 1.165) is 11.1 Å². The van der Waals surface area contributed by atoms with Crippen LogP contribution in [0.25, 0.3) is 0 Å². The van der Waals surface area contributed by atoms with Gasteiger partial charge in [0.25, 0.3) is 15.9 Å². The van der Waals surface area contributed by atoms with Crippen LogP contribution in [0, 0.1) is 13.8 Å². The van der Waals surface area contributed by atoms with Crippen molar-refractivity contribution in [3.05, 3.63) is 82.4 Å². The largest absolute Gasteiger partial charge is 0.495 e. The Morgan fingerprint density at radius 2 is 1.63 bits per heavy atom. The van der Waals surface area contributed by atoms with Gasteiger partial charge < -0.3 is 10.1 Å². The number of aryl methyl sites for hydroxylation is 2. The third kappa shape index (κ3) is 4.93. The van der Waals surface area contributed by atoms with Crippen molar-refractivity contribution in [1.82, 2.24) is 0 Å². The summed E-state index contributed by atoms with van der Waals surface area (Å²) in [5, 5.41) is 3.00. The second-order valence-corrected chi connectivity index (χ2v) is 8.84. The Morgan fingerprint density at radius 1 is 0.967 bits per heavy atom. The van der Waals surface area contributed by atoms with Gasteiger partial charge in [-0.15, -0.1) is 0 Å². The van der Waals surface area contributed by atoms with Gasteiger partial charge >= 0.3 is 0 Å². The summed E-state index contributed by atoms with van der Waals surface area (Å²) < 4.78 is 33.6. The standard InChI is InChI=1S/C22H21ClN2O4S/c1-14-10-15(2)12-16(11-14)22(26)24-17-8-9-20(29-3)21(13-17)30(27,28)25-19-7-5-4-6-18(19)23/h4-13,25H,1-3H3,(H,24,26). The minimum atomic E-state index is -4.03. The fourth-order valence-corrected chi connectivity index (χ4v) is 4.53. The Balaban J connectivity index is 1.93. The number of anilines is 2. The zero-order chi connectivity index (χ0) is 21.9. The van der Waals surface area contributed by atoms with Crippen molar-refractivity contribution in [1.29, 1.82) is 0 Å². The molecule has 0 aromatic heterocycles. The predicted molar refractivity (Wildman–Crippen MR) is 119 cm³/mol. The number of benzene rings is 3. The maximum atomic E-state index is 13.0. The van der Waals surface area contributed by atoms with Crippen LogP contribution >= 0.6 is 11.6 Å². The molecule has 0 fully saturated rings. The lowest BCUT2D eigenvalue weighted by Crippen LogP contribution is -2.16. The van der Waals surface area contributed by atoms with Gasteiger partial charge in [-0.05, 0) is 56.3 Å². The molecule has 0 heterocycles. The molecule has 0 saturated heterocycles. The number of hydrogen-bond acceptors (Lipinski definition) is 4. The van der Waals surface area contributed by atoms with Crippen molar-refractivity contribution < 1.29 is 17.9 Å². The number of nitrogens with one attached hydrogen (secondary N) is 2. The Labute approximate surface area is 180 Å². The maximum Gasteiger partial charge on any atom is 0.265 e. The van der Waals surface area contributed by atoms with E-state index in [1.807, 2.05) is 19.9 Å². The topological polar surface area (TPSA) is 84.5 Å². The lowest BCUT2D eigenvalue weighted by Gasteiger charge is -2.14. The summed E-state index contributed by atoms with van der Waals surface area (Å²) in [6.45, 7) is 3.81. The van der Waals surface area contributed by atoms with Crippen LogP contribution in [0.2, 0.25) is 5.02 Å². The number of para-hydroxylation sites is 1. The van der Waals surface area contributed by atoms with Crippen LogP contribution in [0.5, 0.6) is 5.75 Å². The van der Waals surface area contributed by atoms with Crippen LogP contribution < -0.4 is 14.8 Å². The van der Waals surface area contributed by atoms with E-state index in [4.69, 9.17) is 16.3 Å². The third-order valence-electron chi connectivity index (χ3n) is 4.31. The van der Waals surface area contributed by atoms with Gasteiger partial charge in [0.1, 0.15) is 10.6 Å². The molecule has 0 atom stereocenters. The first kappa shape index (κ1) is 21.7. The van der Waals surface area contributed by atoms with E-state index in [1.165, 1.54) is 19.2 Å². The summed E-state index contributed by atoms with van der Waals surface area (Å²) in [5.74, 6) is -0.201. The van der Waals surface area contributed by atoms with Gasteiger partial charge in [-0.25, -0.2) is 8.42 Å². The van der Waals surface area contributed by atoms with E-state index >= 15 is 0 Å². The average molecular weight is 445 g/mol. The van der Waals surface area contributed by atoms with Crippen LogP contribution in [-0.4, -0.2) is 21.4 Å². The summed E-state index contributed by atoms with van der Waals surface area (Å²) >= 11 is 6.07. The van der Waals surface area contributed by atoms with Gasteiger partial charge in [-0.2, -0.15) is 0 Å². The van der Waals surface area contributed by atoms with Crippen LogP contribution in [0.3, 0.4) is 0 Å². The molecule has 0 saturated carbocycles. The van der Waals surface area contributed by atoms with Crippen LogP contribution in [0.15, 0.2) is 65.6 Å². The van der Waals surface area contributed by atoms with E-state index in [0.29, 0.717) is 11.3 Å². The number of amides is 1. The van der Waals surface area contributed by atoms with Crippen molar-refractivity contribution in [2.75, 3.05) is 17.1 Å². The zero-order valence-corrected chi connectivity index (χ0v) is 18.3. The predicted octanol–water partition coefficient (Wildman–Crippen LogP) is 5.02. The molecule has 0 aliphatic heterocycles. The SMILES string of the molecule is COc1ccc(NC(=O)c2cc(C)cc(C)c2)cc1S(=O)(=O)Nc1ccccc1Cl. The van der Waals surface area contributed by atoms with E-state index in [9.17, 15) is 13.2 Å². The Hall–Kier alpha value is -3.03. The molecule has 0 aliphatic carbocycles. The van der Waals surface area contributed by atoms with Gasteiger partial charge in [-0.3, -0.25) is 9.52 Å². The third-order valence-corrected chi connectivity index (χ3v) is 6.03. The fraction of sp³-hybridized carbons (Fsp3) is 0.136. The number of ether oxygens (including phenoxy) is 1. The lowest BCUT2D eigenvalue weighted by atomic mass is 10.1. The summed E-state index contributed by atoms with van der Waals surface area (Å²) in [6.07, 6.45) is 0. The highest BCUT2D eigenvalue weighted by atomic mass is 35.5. The van der Waals surface area contributed by atoms with E-state index in [1.54, 1.807) is 42.5 Å². The molecular weight excluding hydrogens is 424 g/mol. The second-order valence-electron chi connectivity index (χ2n) is 6.78. The molecule has 6 nitrogen and oxygen atoms in total. The zero-order valence-electron chi connectivity index (χ0n) is 16.7. The van der Waals surface area contributed by atoms with Crippen molar-refractivity contribution in [3.63, 3.8) is 0 Å².